The fourth-order valence-electron chi connectivity index (χ4n) is 1.64. The van der Waals surface area contributed by atoms with E-state index in [1.54, 1.807) is 19.1 Å². The molecule has 20 heavy (non-hydrogen) atoms. The second kappa shape index (κ2) is 5.85. The Morgan fingerprint density at radius 3 is 2.60 bits per heavy atom. The summed E-state index contributed by atoms with van der Waals surface area (Å²) in [7, 11) is 0. The number of nitrogens with zero attached hydrogens (tertiary/aromatic N) is 1. The molecule has 2 aromatic rings. The number of rotatable bonds is 4. The van der Waals surface area contributed by atoms with Crippen molar-refractivity contribution < 1.29 is 18.4 Å². The molecule has 6 heteroatoms. The molecule has 1 N–H and O–H groups in total. The lowest BCUT2D eigenvalue weighted by molar-refractivity contribution is -0.00410. The minimum absolute atomic E-state index is 0.417. The van der Waals surface area contributed by atoms with Crippen molar-refractivity contribution in [1.82, 2.24) is 5.16 Å². The van der Waals surface area contributed by atoms with Crippen molar-refractivity contribution in [2.45, 2.75) is 12.8 Å². The van der Waals surface area contributed by atoms with Crippen LogP contribution in [0.15, 0.2) is 39.3 Å². The maximum absolute atomic E-state index is 13.1. The van der Waals surface area contributed by atoms with Crippen molar-refractivity contribution in [1.29, 1.82) is 0 Å². The van der Waals surface area contributed by atoms with Crippen molar-refractivity contribution >= 4 is 22.0 Å². The molecule has 3 nitrogen and oxygen atoms in total. The molecule has 0 atom stereocenters. The molecule has 0 aliphatic rings. The zero-order valence-electron chi connectivity index (χ0n) is 10.6. The monoisotopic (exact) mass is 343 g/mol. The number of halogens is 3. The number of aliphatic hydroxyl groups is 1. The molecular weight excluding hydrogens is 332 g/mol. The van der Waals surface area contributed by atoms with E-state index >= 15 is 0 Å². The van der Waals surface area contributed by atoms with Gasteiger partial charge in [0, 0.05) is 15.6 Å². The molecule has 0 saturated carbocycles. The van der Waals surface area contributed by atoms with Gasteiger partial charge in [-0.25, -0.2) is 0 Å². The largest absolute Gasteiger partial charge is 0.390 e. The Morgan fingerprint density at radius 2 is 2.00 bits per heavy atom. The van der Waals surface area contributed by atoms with Crippen molar-refractivity contribution in [2.24, 2.45) is 0 Å². The van der Waals surface area contributed by atoms with Crippen LogP contribution in [0.1, 0.15) is 11.3 Å². The first kappa shape index (κ1) is 14.9. The van der Waals surface area contributed by atoms with Crippen molar-refractivity contribution in [3.8, 4) is 11.3 Å². The topological polar surface area (TPSA) is 46.3 Å². The molecule has 0 saturated heterocycles. The summed E-state index contributed by atoms with van der Waals surface area (Å²) in [6, 6.07) is 7.24. The summed E-state index contributed by atoms with van der Waals surface area (Å²) in [5.74, 6) is -2.85. The van der Waals surface area contributed by atoms with Gasteiger partial charge in [-0.15, -0.1) is 0 Å². The number of hydrogen-bond acceptors (Lipinski definition) is 3. The van der Waals surface area contributed by atoms with Gasteiger partial charge < -0.3 is 9.63 Å². The van der Waals surface area contributed by atoms with Crippen LogP contribution in [-0.4, -0.2) is 22.8 Å². The zero-order valence-corrected chi connectivity index (χ0v) is 12.2. The average Bonchev–Trinajstić information content (AvgIpc) is 2.79. The number of aliphatic hydroxyl groups excluding tert-OH is 1. The number of benzene rings is 1. The molecule has 1 aromatic carbocycles. The van der Waals surface area contributed by atoms with Crippen molar-refractivity contribution in [3.63, 3.8) is 0 Å². The van der Waals surface area contributed by atoms with Crippen molar-refractivity contribution in [3.05, 3.63) is 46.1 Å². The van der Waals surface area contributed by atoms with E-state index in [0.29, 0.717) is 23.1 Å². The standard InChI is InChI=1S/C14H12BrF2NO2/c1-9-12(6-7-14(16,17)8-19)13(20-18-9)10-2-4-11(15)5-3-10/h2-7,19H,8H2,1H3. The first-order valence-electron chi connectivity index (χ1n) is 5.83. The Bertz CT molecular complexity index is 621. The molecule has 0 aliphatic carbocycles. The molecule has 0 amide bonds. The van der Waals surface area contributed by atoms with Crippen LogP contribution in [-0.2, 0) is 0 Å². The highest BCUT2D eigenvalue weighted by Crippen LogP contribution is 2.29. The quantitative estimate of drug-likeness (QED) is 0.910. The van der Waals surface area contributed by atoms with Crippen LogP contribution in [0.5, 0.6) is 0 Å². The summed E-state index contributed by atoms with van der Waals surface area (Å²) in [6.45, 7) is 0.435. The minimum atomic E-state index is -3.26. The number of alkyl halides is 2. The third-order valence-corrected chi connectivity index (χ3v) is 3.25. The summed E-state index contributed by atoms with van der Waals surface area (Å²) >= 11 is 3.32. The van der Waals surface area contributed by atoms with Crippen LogP contribution in [0.3, 0.4) is 0 Å². The molecule has 1 aromatic heterocycles. The average molecular weight is 344 g/mol. The van der Waals surface area contributed by atoms with E-state index in [-0.39, 0.29) is 0 Å². The van der Waals surface area contributed by atoms with E-state index in [1.807, 2.05) is 12.1 Å². The summed E-state index contributed by atoms with van der Waals surface area (Å²) in [4.78, 5) is 0. The van der Waals surface area contributed by atoms with Gasteiger partial charge >= 0.3 is 0 Å². The van der Waals surface area contributed by atoms with Crippen LogP contribution < -0.4 is 0 Å². The molecule has 1 heterocycles. The number of aryl methyl sites for hydroxylation is 1. The van der Waals surface area contributed by atoms with Gasteiger partial charge in [0.05, 0.1) is 5.69 Å². The van der Waals surface area contributed by atoms with Gasteiger partial charge in [-0.2, -0.15) is 8.78 Å². The predicted molar refractivity (Wildman–Crippen MR) is 75.4 cm³/mol. The lowest BCUT2D eigenvalue weighted by Crippen LogP contribution is -2.17. The summed E-state index contributed by atoms with van der Waals surface area (Å²) < 4.78 is 32.2. The summed E-state index contributed by atoms with van der Waals surface area (Å²) in [5.41, 5.74) is 1.72. The third kappa shape index (κ3) is 3.32. The smallest absolute Gasteiger partial charge is 0.289 e. The second-order valence-corrected chi connectivity index (χ2v) is 5.19. The van der Waals surface area contributed by atoms with E-state index in [1.165, 1.54) is 6.08 Å². The van der Waals surface area contributed by atoms with Crippen LogP contribution in [0.2, 0.25) is 0 Å². The van der Waals surface area contributed by atoms with Crippen LogP contribution in [0, 0.1) is 6.92 Å². The Balaban J connectivity index is 2.40. The maximum Gasteiger partial charge on any atom is 0.289 e. The van der Waals surface area contributed by atoms with Gasteiger partial charge in [0.1, 0.15) is 6.61 Å². The first-order chi connectivity index (χ1) is 9.43. The Morgan fingerprint density at radius 1 is 1.35 bits per heavy atom. The van der Waals surface area contributed by atoms with E-state index in [2.05, 4.69) is 21.1 Å². The molecule has 0 fully saturated rings. The first-order valence-corrected chi connectivity index (χ1v) is 6.62. The van der Waals surface area contributed by atoms with Crippen molar-refractivity contribution in [2.75, 3.05) is 6.61 Å². The van der Waals surface area contributed by atoms with Crippen LogP contribution in [0.25, 0.3) is 17.4 Å². The predicted octanol–water partition coefficient (Wildman–Crippen LogP) is 4.05. The normalized spacial score (nSPS) is 12.2. The molecule has 0 spiro atoms. The van der Waals surface area contributed by atoms with Gasteiger partial charge in [0.25, 0.3) is 5.92 Å². The lowest BCUT2D eigenvalue weighted by atomic mass is 10.1. The summed E-state index contributed by atoms with van der Waals surface area (Å²) in [6.07, 6.45) is 1.87. The minimum Gasteiger partial charge on any atom is -0.390 e. The highest BCUT2D eigenvalue weighted by molar-refractivity contribution is 9.10. The van der Waals surface area contributed by atoms with Gasteiger partial charge in [-0.3, -0.25) is 0 Å². The SMILES string of the molecule is Cc1noc(-c2ccc(Br)cc2)c1C=CC(F)(F)CO. The highest BCUT2D eigenvalue weighted by atomic mass is 79.9. The second-order valence-electron chi connectivity index (χ2n) is 4.27. The number of aromatic nitrogens is 1. The van der Waals surface area contributed by atoms with Gasteiger partial charge in [0.2, 0.25) is 0 Å². The lowest BCUT2D eigenvalue weighted by Gasteiger charge is -2.06. The van der Waals surface area contributed by atoms with E-state index < -0.39 is 12.5 Å². The van der Waals surface area contributed by atoms with Gasteiger partial charge in [-0.05, 0) is 43.3 Å². The Hall–Kier alpha value is -1.53. The zero-order chi connectivity index (χ0) is 14.8. The van der Waals surface area contributed by atoms with E-state index in [4.69, 9.17) is 9.63 Å². The molecule has 0 bridgehead atoms. The maximum atomic E-state index is 13.1. The highest BCUT2D eigenvalue weighted by Gasteiger charge is 2.24. The van der Waals surface area contributed by atoms with Gasteiger partial charge in [-0.1, -0.05) is 21.1 Å². The Labute approximate surface area is 123 Å². The van der Waals surface area contributed by atoms with E-state index in [9.17, 15) is 8.78 Å². The van der Waals surface area contributed by atoms with Gasteiger partial charge in [0.15, 0.2) is 5.76 Å². The van der Waals surface area contributed by atoms with Crippen LogP contribution >= 0.6 is 15.9 Å². The van der Waals surface area contributed by atoms with E-state index in [0.717, 1.165) is 10.0 Å². The fourth-order valence-corrected chi connectivity index (χ4v) is 1.90. The van der Waals surface area contributed by atoms with Crippen LogP contribution in [0.4, 0.5) is 8.78 Å². The molecular formula is C14H12BrF2NO2. The molecule has 0 aliphatic heterocycles. The molecule has 2 rings (SSSR count). The number of hydrogen-bond donors (Lipinski definition) is 1. The molecule has 0 radical (unpaired) electrons. The molecule has 106 valence electrons. The third-order valence-electron chi connectivity index (χ3n) is 2.72. The summed E-state index contributed by atoms with van der Waals surface area (Å²) in [5, 5.41) is 12.4. The fraction of sp³-hybridized carbons (Fsp3) is 0.214. The Kier molecular flexibility index (Phi) is 4.35. The molecule has 0 unspecified atom stereocenters.